The largest absolute Gasteiger partial charge is 0.444 e. The lowest BCUT2D eigenvalue weighted by molar-refractivity contribution is -0.111. The van der Waals surface area contributed by atoms with Crippen molar-refractivity contribution in [3.05, 3.63) is 69.2 Å². The second-order valence-corrected chi connectivity index (χ2v) is 9.05. The molecule has 0 saturated carbocycles. The zero-order valence-corrected chi connectivity index (χ0v) is 18.6. The van der Waals surface area contributed by atoms with E-state index in [-0.39, 0.29) is 11.9 Å². The summed E-state index contributed by atoms with van der Waals surface area (Å²) in [5.41, 5.74) is 3.14. The van der Waals surface area contributed by atoms with Crippen LogP contribution in [-0.4, -0.2) is 17.6 Å². The van der Waals surface area contributed by atoms with Crippen molar-refractivity contribution in [1.82, 2.24) is 5.32 Å². The fourth-order valence-corrected chi connectivity index (χ4v) is 3.85. The molecule has 0 aliphatic heterocycles. The molecule has 1 atom stereocenters. The minimum absolute atomic E-state index is 0.0660. The van der Waals surface area contributed by atoms with Crippen LogP contribution in [0.3, 0.4) is 0 Å². The van der Waals surface area contributed by atoms with Gasteiger partial charge < -0.3 is 15.4 Å². The Morgan fingerprint density at radius 2 is 1.80 bits per heavy atom. The van der Waals surface area contributed by atoms with Gasteiger partial charge in [-0.05, 0) is 74.6 Å². The van der Waals surface area contributed by atoms with Crippen molar-refractivity contribution in [2.45, 2.75) is 45.3 Å². The van der Waals surface area contributed by atoms with Gasteiger partial charge in [0.05, 0.1) is 6.04 Å². The van der Waals surface area contributed by atoms with Gasteiger partial charge in [-0.1, -0.05) is 41.4 Å². The maximum Gasteiger partial charge on any atom is 0.408 e. The summed E-state index contributed by atoms with van der Waals surface area (Å²) in [6.07, 6.45) is 4.46. The smallest absolute Gasteiger partial charge is 0.408 e. The second-order valence-electron chi connectivity index (χ2n) is 8.18. The van der Waals surface area contributed by atoms with E-state index in [1.807, 2.05) is 39.0 Å². The third kappa shape index (κ3) is 6.25. The number of carbonyl (C=O) groups excluding carboxylic acids is 2. The van der Waals surface area contributed by atoms with Gasteiger partial charge in [0.25, 0.3) is 0 Å². The number of nitrogens with one attached hydrogen (secondary N) is 2. The number of aryl methyl sites for hydroxylation is 1. The molecule has 0 spiro atoms. The molecule has 0 heterocycles. The van der Waals surface area contributed by atoms with Gasteiger partial charge in [0.1, 0.15) is 5.60 Å². The summed E-state index contributed by atoms with van der Waals surface area (Å²) in [7, 11) is 0. The molecule has 2 aromatic rings. The molecule has 7 heteroatoms. The summed E-state index contributed by atoms with van der Waals surface area (Å²) < 4.78 is 5.34. The molecular formula is C23H24Cl2N2O3. The van der Waals surface area contributed by atoms with Crippen molar-refractivity contribution < 1.29 is 14.3 Å². The van der Waals surface area contributed by atoms with Crippen molar-refractivity contribution in [1.29, 1.82) is 0 Å². The van der Waals surface area contributed by atoms with Gasteiger partial charge in [0.2, 0.25) is 5.91 Å². The number of alkyl carbamates (subject to hydrolysis) is 1. The highest BCUT2D eigenvalue weighted by Crippen LogP contribution is 2.32. The van der Waals surface area contributed by atoms with Crippen LogP contribution in [-0.2, 0) is 16.0 Å². The highest BCUT2D eigenvalue weighted by Gasteiger charge is 2.26. The standard InChI is InChI=1S/C23H24Cl2N2O3/c1-23(2,3)30-22(29)27-20-8-6-15-10-14(4-7-19(15)20)5-9-21(28)26-18-12-16(24)11-17(25)13-18/h4-5,7,9-13,20H,6,8H2,1-3H3,(H,26,28)(H,27,29)/b9-5+. The third-order valence-electron chi connectivity index (χ3n) is 4.49. The van der Waals surface area contributed by atoms with E-state index in [2.05, 4.69) is 10.6 Å². The normalized spacial score (nSPS) is 15.7. The Morgan fingerprint density at radius 1 is 1.10 bits per heavy atom. The molecule has 3 rings (SSSR count). The lowest BCUT2D eigenvalue weighted by Gasteiger charge is -2.22. The van der Waals surface area contributed by atoms with E-state index in [1.165, 1.54) is 6.08 Å². The van der Waals surface area contributed by atoms with Crippen molar-refractivity contribution in [3.63, 3.8) is 0 Å². The molecule has 0 radical (unpaired) electrons. The van der Waals surface area contributed by atoms with Crippen molar-refractivity contribution in [3.8, 4) is 0 Å². The summed E-state index contributed by atoms with van der Waals surface area (Å²) in [6, 6.07) is 10.7. The van der Waals surface area contributed by atoms with Gasteiger partial charge in [-0.15, -0.1) is 0 Å². The zero-order chi connectivity index (χ0) is 21.9. The van der Waals surface area contributed by atoms with Crippen molar-refractivity contribution in [2.75, 3.05) is 5.32 Å². The molecule has 158 valence electrons. The lowest BCUT2D eigenvalue weighted by Crippen LogP contribution is -2.34. The topological polar surface area (TPSA) is 67.4 Å². The number of carbonyl (C=O) groups is 2. The number of benzene rings is 2. The van der Waals surface area contributed by atoms with Gasteiger partial charge in [0, 0.05) is 21.8 Å². The summed E-state index contributed by atoms with van der Waals surface area (Å²) in [5, 5.41) is 6.58. The SMILES string of the molecule is CC(C)(C)OC(=O)NC1CCc2cc(/C=C/C(=O)Nc3cc(Cl)cc(Cl)c3)ccc21. The molecule has 1 unspecified atom stereocenters. The Balaban J connectivity index is 1.62. The summed E-state index contributed by atoms with van der Waals surface area (Å²) in [4.78, 5) is 24.2. The lowest BCUT2D eigenvalue weighted by atomic mass is 10.0. The number of halogens is 2. The van der Waals surface area contributed by atoms with Gasteiger partial charge >= 0.3 is 6.09 Å². The molecular weight excluding hydrogens is 423 g/mol. The highest BCUT2D eigenvalue weighted by atomic mass is 35.5. The Kier molecular flexibility index (Phi) is 6.74. The molecule has 1 aliphatic rings. The molecule has 2 amide bonds. The van der Waals surface area contributed by atoms with Gasteiger partial charge in [-0.3, -0.25) is 4.79 Å². The highest BCUT2D eigenvalue weighted by molar-refractivity contribution is 6.35. The van der Waals surface area contributed by atoms with Crippen molar-refractivity contribution in [2.24, 2.45) is 0 Å². The fraction of sp³-hybridized carbons (Fsp3) is 0.304. The molecule has 5 nitrogen and oxygen atoms in total. The van der Waals surface area contributed by atoms with Crippen LogP contribution in [0.5, 0.6) is 0 Å². The van der Waals surface area contributed by atoms with Crippen LogP contribution in [0.4, 0.5) is 10.5 Å². The van der Waals surface area contributed by atoms with E-state index in [0.717, 1.165) is 29.5 Å². The first-order valence-corrected chi connectivity index (χ1v) is 10.4. The number of rotatable bonds is 4. The van der Waals surface area contributed by atoms with Crippen LogP contribution in [0.2, 0.25) is 10.0 Å². The Bertz CT molecular complexity index is 976. The number of hydrogen-bond donors (Lipinski definition) is 2. The first kappa shape index (κ1) is 22.2. The summed E-state index contributed by atoms with van der Waals surface area (Å²) in [5.74, 6) is -0.279. The van der Waals surface area contributed by atoms with Crippen molar-refractivity contribution >= 4 is 47.0 Å². The monoisotopic (exact) mass is 446 g/mol. The number of amides is 2. The average molecular weight is 447 g/mol. The number of hydrogen-bond acceptors (Lipinski definition) is 3. The molecule has 2 N–H and O–H groups in total. The minimum Gasteiger partial charge on any atom is -0.444 e. The van der Waals surface area contributed by atoms with Crippen LogP contribution in [0, 0.1) is 0 Å². The van der Waals surface area contributed by atoms with Gasteiger partial charge in [0.15, 0.2) is 0 Å². The quantitative estimate of drug-likeness (QED) is 0.552. The molecule has 0 bridgehead atoms. The molecule has 30 heavy (non-hydrogen) atoms. The first-order chi connectivity index (χ1) is 14.1. The first-order valence-electron chi connectivity index (χ1n) is 9.66. The van der Waals surface area contributed by atoms with Crippen LogP contribution in [0.15, 0.2) is 42.5 Å². The summed E-state index contributed by atoms with van der Waals surface area (Å²) >= 11 is 11.9. The predicted molar refractivity (Wildman–Crippen MR) is 121 cm³/mol. The van der Waals surface area contributed by atoms with E-state index in [9.17, 15) is 9.59 Å². The Hall–Kier alpha value is -2.50. The Labute approximate surface area is 186 Å². The average Bonchev–Trinajstić information content (AvgIpc) is 2.99. The van der Waals surface area contributed by atoms with Crippen LogP contribution < -0.4 is 10.6 Å². The van der Waals surface area contributed by atoms with Crippen LogP contribution >= 0.6 is 23.2 Å². The minimum atomic E-state index is -0.531. The van der Waals surface area contributed by atoms with E-state index >= 15 is 0 Å². The zero-order valence-electron chi connectivity index (χ0n) is 17.1. The molecule has 0 saturated heterocycles. The number of ether oxygens (including phenoxy) is 1. The van der Waals surface area contributed by atoms with Crippen LogP contribution in [0.25, 0.3) is 6.08 Å². The predicted octanol–water partition coefficient (Wildman–Crippen LogP) is 6.16. The van der Waals surface area contributed by atoms with E-state index in [4.69, 9.17) is 27.9 Å². The molecule has 0 aromatic heterocycles. The van der Waals surface area contributed by atoms with E-state index in [1.54, 1.807) is 24.3 Å². The van der Waals surface area contributed by atoms with Crippen LogP contribution in [0.1, 0.15) is 49.9 Å². The number of anilines is 1. The molecule has 0 fully saturated rings. The number of fused-ring (bicyclic) bond motifs is 1. The fourth-order valence-electron chi connectivity index (χ4n) is 3.32. The maximum absolute atomic E-state index is 12.2. The van der Waals surface area contributed by atoms with E-state index < -0.39 is 11.7 Å². The Morgan fingerprint density at radius 3 is 2.47 bits per heavy atom. The summed E-state index contributed by atoms with van der Waals surface area (Å²) in [6.45, 7) is 5.51. The van der Waals surface area contributed by atoms with Gasteiger partial charge in [-0.2, -0.15) is 0 Å². The molecule has 2 aromatic carbocycles. The van der Waals surface area contributed by atoms with Gasteiger partial charge in [-0.25, -0.2) is 4.79 Å². The van der Waals surface area contributed by atoms with E-state index in [0.29, 0.717) is 15.7 Å². The third-order valence-corrected chi connectivity index (χ3v) is 4.93. The second kappa shape index (κ2) is 9.11. The maximum atomic E-state index is 12.2. The molecule has 1 aliphatic carbocycles.